The minimum atomic E-state index is -4.94. The Labute approximate surface area is 387 Å². The number of ether oxygens (including phenoxy) is 1. The fourth-order valence-electron chi connectivity index (χ4n) is 3.65. The molecule has 4 heterocycles. The Balaban J connectivity index is -0.000000336. The molecule has 2 aromatic carbocycles. The zero-order valence-corrected chi connectivity index (χ0v) is 36.5. The number of nitrogens with zero attached hydrogens (tertiary/aromatic N) is 4. The number of rotatable bonds is 6. The topological polar surface area (TPSA) is 354 Å². The van der Waals surface area contributed by atoms with Crippen LogP contribution in [0.25, 0.3) is 22.8 Å². The maximum Gasteiger partial charge on any atom is 3.00 e. The molecule has 0 aliphatic rings. The molecular weight excluding hydrogens is 993 g/mol. The fraction of sp³-hybridized carbons (Fsp3) is 0.105. The first-order valence-corrected chi connectivity index (χ1v) is 18.8. The van der Waals surface area contributed by atoms with Gasteiger partial charge in [-0.15, -0.1) is 20.5 Å². The van der Waals surface area contributed by atoms with Crippen LogP contribution in [0.4, 0.5) is 17.6 Å². The van der Waals surface area contributed by atoms with Gasteiger partial charge in [0.1, 0.15) is 23.3 Å². The fourth-order valence-corrected chi connectivity index (χ4v) is 3.65. The number of benzene rings is 2. The number of aromatic nitrogens is 4. The molecule has 0 bridgehead atoms. The molecule has 6 rings (SSSR count). The van der Waals surface area contributed by atoms with Crippen LogP contribution < -0.4 is 47.5 Å². The van der Waals surface area contributed by atoms with Gasteiger partial charge in [-0.05, 0) is 86.6 Å². The molecule has 26 heteroatoms. The Morgan fingerprint density at radius 1 is 0.453 bits per heavy atom. The molecule has 0 unspecified atom stereocenters. The van der Waals surface area contributed by atoms with Crippen molar-refractivity contribution in [1.29, 1.82) is 0 Å². The molecule has 0 fully saturated rings. The molecule has 0 aliphatic carbocycles. The van der Waals surface area contributed by atoms with Crippen LogP contribution in [-0.2, 0) is 44.4 Å². The standard InChI is InChI=1S/2C10H8N2.2C7H4F2O2.C4H10O.2ClHO4.2Mn.O/c2*1-3-7-11-9(5-1)10-6-2-4-8-12-10;2*8-4-2-1-3-5(9)6(4)7(10)11;1-3-5-4-2;2*2-1(3,4)5;;;/h2*1-8H;2*1-3H,(H,10,11);3-4H2,1-2H3;2*(H,2,3,4,5);;;/q;;;;;;;2*+3;-2/p-4. The van der Waals surface area contributed by atoms with Gasteiger partial charge in [-0.2, -0.15) is 0 Å². The van der Waals surface area contributed by atoms with Crippen LogP contribution in [0.5, 0.6) is 0 Å². The average molecular weight is 1030 g/mol. The molecule has 0 saturated carbocycles. The van der Waals surface area contributed by atoms with Crippen LogP contribution in [0.15, 0.2) is 134 Å². The molecule has 18 nitrogen and oxygen atoms in total. The largest absolute Gasteiger partial charge is 3.00 e. The van der Waals surface area contributed by atoms with E-state index >= 15 is 0 Å². The van der Waals surface area contributed by atoms with Crippen molar-refractivity contribution in [1.82, 2.24) is 19.9 Å². The number of carboxylic acids is 2. The summed E-state index contributed by atoms with van der Waals surface area (Å²) in [7, 11) is -9.89. The first-order chi connectivity index (χ1) is 28.6. The number of carboxylic acid groups (broad SMARTS) is 2. The molecule has 6 aromatic rings. The van der Waals surface area contributed by atoms with Gasteiger partial charge < -0.3 is 30.0 Å². The average Bonchev–Trinajstić information content (AvgIpc) is 3.19. The molecular formula is C38H32Cl2F4Mn2N4O14. The molecule has 0 spiro atoms. The van der Waals surface area contributed by atoms with Crippen LogP contribution in [0.1, 0.15) is 34.6 Å². The number of hydrogen-bond donors (Lipinski definition) is 0. The van der Waals surface area contributed by atoms with E-state index in [2.05, 4.69) is 19.9 Å². The first-order valence-electron chi connectivity index (χ1n) is 16.4. The third-order valence-electron chi connectivity index (χ3n) is 5.93. The number of carbonyl (C=O) groups is 2. The van der Waals surface area contributed by atoms with E-state index in [1.807, 2.05) is 86.6 Å². The van der Waals surface area contributed by atoms with Crippen LogP contribution in [-0.4, -0.2) is 45.1 Å². The van der Waals surface area contributed by atoms with Crippen LogP contribution in [0, 0.1) is 43.8 Å². The summed E-state index contributed by atoms with van der Waals surface area (Å²) in [5.74, 6) is -8.17. The van der Waals surface area contributed by atoms with Crippen molar-refractivity contribution >= 4 is 11.9 Å². The van der Waals surface area contributed by atoms with Gasteiger partial charge in [0.2, 0.25) is 0 Å². The van der Waals surface area contributed by atoms with Gasteiger partial charge in [-0.1, -0.05) is 36.4 Å². The molecule has 0 atom stereocenters. The minimum Gasteiger partial charge on any atom is -2.00 e. The molecule has 4 aromatic heterocycles. The smallest absolute Gasteiger partial charge is 2.00 e. The van der Waals surface area contributed by atoms with E-state index in [1.165, 1.54) is 0 Å². The van der Waals surface area contributed by atoms with E-state index in [1.54, 1.807) is 24.8 Å². The monoisotopic (exact) mass is 1020 g/mol. The number of pyridine rings is 4. The van der Waals surface area contributed by atoms with E-state index in [9.17, 15) is 37.4 Å². The summed E-state index contributed by atoms with van der Waals surface area (Å²) in [4.78, 5) is 36.8. The van der Waals surface area contributed by atoms with Crippen molar-refractivity contribution < 1.29 is 139 Å². The van der Waals surface area contributed by atoms with Crippen molar-refractivity contribution in [3.8, 4) is 22.8 Å². The Morgan fingerprint density at radius 3 is 0.766 bits per heavy atom. The number of halogens is 6. The van der Waals surface area contributed by atoms with Gasteiger partial charge in [0.05, 0.1) is 45.8 Å². The molecule has 64 heavy (non-hydrogen) atoms. The summed E-state index contributed by atoms with van der Waals surface area (Å²) in [6.45, 7) is 5.67. The molecule has 0 N–H and O–H groups in total. The van der Waals surface area contributed by atoms with E-state index in [-0.39, 0.29) is 39.6 Å². The van der Waals surface area contributed by atoms with Gasteiger partial charge in [0.15, 0.2) is 0 Å². The number of aromatic carboxylic acids is 2. The second kappa shape index (κ2) is 36.3. The zero-order valence-electron chi connectivity index (χ0n) is 32.6. The van der Waals surface area contributed by atoms with Crippen LogP contribution in [0.3, 0.4) is 0 Å². The third-order valence-corrected chi connectivity index (χ3v) is 5.93. The van der Waals surface area contributed by atoms with Gasteiger partial charge in [-0.3, -0.25) is 19.9 Å². The minimum absolute atomic E-state index is 0. The predicted octanol–water partition coefficient (Wildman–Crippen LogP) is -3.65. The molecule has 0 aliphatic heterocycles. The second-order valence-electron chi connectivity index (χ2n) is 10.2. The Bertz CT molecular complexity index is 1850. The number of hydrogen-bond acceptors (Lipinski definition) is 17. The van der Waals surface area contributed by atoms with Crippen LogP contribution >= 0.6 is 0 Å². The summed E-state index contributed by atoms with van der Waals surface area (Å²) in [5, 5.41) is 20.1. The zero-order chi connectivity index (χ0) is 46.4. The Hall–Kier alpha value is -5.08. The van der Waals surface area contributed by atoms with E-state index in [0.29, 0.717) is 0 Å². The van der Waals surface area contributed by atoms with Gasteiger partial charge >= 0.3 is 34.1 Å². The van der Waals surface area contributed by atoms with Crippen molar-refractivity contribution in [2.45, 2.75) is 13.8 Å². The number of carbonyl (C=O) groups excluding carboxylic acids is 2. The third kappa shape index (κ3) is 33.5. The maximum atomic E-state index is 12.4. The predicted molar refractivity (Wildman–Crippen MR) is 179 cm³/mol. The van der Waals surface area contributed by atoms with Crippen molar-refractivity contribution in [3.63, 3.8) is 0 Å². The molecule has 0 amide bonds. The van der Waals surface area contributed by atoms with Crippen molar-refractivity contribution in [2.75, 3.05) is 13.2 Å². The Kier molecular flexibility index (Phi) is 37.1. The van der Waals surface area contributed by atoms with Gasteiger partial charge in [0, 0.05) is 38.0 Å². The van der Waals surface area contributed by atoms with E-state index < -0.39 is 66.8 Å². The van der Waals surface area contributed by atoms with Crippen LogP contribution in [0.2, 0.25) is 0 Å². The summed E-state index contributed by atoms with van der Waals surface area (Å²) in [6.07, 6.45) is 7.07. The molecule has 0 saturated heterocycles. The van der Waals surface area contributed by atoms with Gasteiger partial charge in [0.25, 0.3) is 0 Å². The second-order valence-corrected chi connectivity index (χ2v) is 11.7. The van der Waals surface area contributed by atoms with E-state index in [0.717, 1.165) is 72.4 Å². The summed E-state index contributed by atoms with van der Waals surface area (Å²) >= 11 is 0. The maximum absolute atomic E-state index is 12.4. The summed E-state index contributed by atoms with van der Waals surface area (Å²) in [5.41, 5.74) is 1.62. The first kappa shape index (κ1) is 65.5. The van der Waals surface area contributed by atoms with Crippen molar-refractivity contribution in [2.24, 2.45) is 0 Å². The summed E-state index contributed by atoms with van der Waals surface area (Å²) in [6, 6.07) is 28.8. The Morgan fingerprint density at radius 2 is 0.656 bits per heavy atom. The van der Waals surface area contributed by atoms with Crippen molar-refractivity contribution in [3.05, 3.63) is 168 Å². The molecule has 0 radical (unpaired) electrons. The van der Waals surface area contributed by atoms with Gasteiger partial charge in [-0.25, -0.2) is 54.8 Å². The quantitative estimate of drug-likeness (QED) is 0.115. The van der Waals surface area contributed by atoms with E-state index in [4.69, 9.17) is 42.0 Å². The molecule has 344 valence electrons. The normalized spacial score (nSPS) is 9.47. The summed E-state index contributed by atoms with van der Waals surface area (Å²) < 4.78 is 123. The SMILES string of the molecule is CCOCC.O=C([O-])c1c(F)cccc1F.O=C([O-])c1c(F)cccc1F.[Mn+3].[Mn+3].[O-2].[O-][Cl+3]([O-])([O-])[O-].[O-][Cl+3]([O-])([O-])[O-].c1ccc(-c2ccccn2)nc1.c1ccc(-c2ccccn2)nc1.